The molecule has 0 bridgehead atoms. The standard InChI is InChI=1S/C27H28O10/c1-11-21(29)25(33)26(34)27(35-11)37-18-10-17-20(24(32)19(18)13-5-3-4-6-13)23(31)15-8-7-14(36-12(2)28)9-16(15)22(17)30/h7-11,13,21,25-27,29,32-34H,3-6H2,1-2H3/t11-,21-,25-,26-,27-/m1/s1. The molecule has 5 atom stereocenters. The number of aromatic hydroxyl groups is 1. The number of hydrogen-bond acceptors (Lipinski definition) is 10. The normalized spacial score (nSPS) is 27.5. The molecule has 2 fully saturated rings. The van der Waals surface area contributed by atoms with Crippen molar-refractivity contribution < 1.29 is 49.0 Å². The Labute approximate surface area is 212 Å². The molecule has 196 valence electrons. The number of carbonyl (C=O) groups is 3. The third-order valence-electron chi connectivity index (χ3n) is 7.33. The van der Waals surface area contributed by atoms with Crippen LogP contribution in [0.5, 0.6) is 17.2 Å². The Kier molecular flexibility index (Phi) is 6.53. The number of phenols is 1. The summed E-state index contributed by atoms with van der Waals surface area (Å²) in [6.45, 7) is 2.73. The van der Waals surface area contributed by atoms with Crippen LogP contribution in [-0.4, -0.2) is 68.7 Å². The Morgan fingerprint density at radius 2 is 1.65 bits per heavy atom. The van der Waals surface area contributed by atoms with Gasteiger partial charge in [0, 0.05) is 29.2 Å². The molecule has 1 saturated heterocycles. The number of phenolic OH excluding ortho intramolecular Hbond substituents is 1. The molecule has 5 rings (SSSR count). The van der Waals surface area contributed by atoms with Crippen molar-refractivity contribution in [3.63, 3.8) is 0 Å². The number of benzene rings is 2. The highest BCUT2D eigenvalue weighted by Crippen LogP contribution is 2.48. The quantitative estimate of drug-likeness (QED) is 0.301. The number of carbonyl (C=O) groups excluding carboxylic acids is 3. The van der Waals surface area contributed by atoms with Crippen molar-refractivity contribution >= 4 is 17.5 Å². The van der Waals surface area contributed by atoms with Crippen LogP contribution in [0.3, 0.4) is 0 Å². The van der Waals surface area contributed by atoms with Gasteiger partial charge in [-0.15, -0.1) is 0 Å². The first-order valence-corrected chi connectivity index (χ1v) is 12.3. The molecule has 0 aromatic heterocycles. The summed E-state index contributed by atoms with van der Waals surface area (Å²) >= 11 is 0. The number of ether oxygens (including phenoxy) is 3. The average Bonchev–Trinajstić information content (AvgIpc) is 3.38. The topological polar surface area (TPSA) is 160 Å². The molecule has 10 heteroatoms. The summed E-state index contributed by atoms with van der Waals surface area (Å²) in [5.74, 6) is -2.11. The molecule has 37 heavy (non-hydrogen) atoms. The molecule has 3 aliphatic rings. The van der Waals surface area contributed by atoms with Crippen molar-refractivity contribution in [1.29, 1.82) is 0 Å². The number of ketones is 2. The van der Waals surface area contributed by atoms with Gasteiger partial charge in [0.25, 0.3) is 0 Å². The fourth-order valence-electron chi connectivity index (χ4n) is 5.43. The van der Waals surface area contributed by atoms with E-state index in [9.17, 15) is 34.8 Å². The monoisotopic (exact) mass is 512 g/mol. The highest BCUT2D eigenvalue weighted by molar-refractivity contribution is 6.29. The van der Waals surface area contributed by atoms with Crippen molar-refractivity contribution in [2.75, 3.05) is 0 Å². The molecule has 0 spiro atoms. The van der Waals surface area contributed by atoms with E-state index in [1.165, 1.54) is 38.1 Å². The van der Waals surface area contributed by atoms with Crippen LogP contribution in [0.2, 0.25) is 0 Å². The number of rotatable bonds is 4. The van der Waals surface area contributed by atoms with Gasteiger partial charge in [-0.1, -0.05) is 12.8 Å². The molecule has 0 amide bonds. The van der Waals surface area contributed by atoms with Crippen LogP contribution >= 0.6 is 0 Å². The molecule has 10 nitrogen and oxygen atoms in total. The predicted molar refractivity (Wildman–Crippen MR) is 127 cm³/mol. The SMILES string of the molecule is CC(=O)Oc1ccc2c(c1)C(=O)c1cc(O[C@H]3O[C@H](C)[C@@H](O)[C@@H](O)[C@H]3O)c(C3CCCC3)c(O)c1C2=O. The maximum absolute atomic E-state index is 13.5. The maximum atomic E-state index is 13.5. The first-order chi connectivity index (χ1) is 17.6. The lowest BCUT2D eigenvalue weighted by atomic mass is 9.80. The summed E-state index contributed by atoms with van der Waals surface area (Å²) in [4.78, 5) is 38.4. The van der Waals surface area contributed by atoms with Gasteiger partial charge in [0.2, 0.25) is 6.29 Å². The number of aliphatic hydroxyl groups excluding tert-OH is 3. The van der Waals surface area contributed by atoms with Gasteiger partial charge in [0.1, 0.15) is 35.6 Å². The van der Waals surface area contributed by atoms with E-state index in [-0.39, 0.29) is 45.4 Å². The summed E-state index contributed by atoms with van der Waals surface area (Å²) < 4.78 is 16.6. The van der Waals surface area contributed by atoms with Gasteiger partial charge in [0.15, 0.2) is 11.6 Å². The summed E-state index contributed by atoms with van der Waals surface area (Å²) in [7, 11) is 0. The first-order valence-electron chi connectivity index (χ1n) is 12.3. The van der Waals surface area contributed by atoms with Crippen molar-refractivity contribution in [2.45, 2.75) is 76.2 Å². The molecule has 1 heterocycles. The minimum absolute atomic E-state index is 0.0105. The van der Waals surface area contributed by atoms with Gasteiger partial charge >= 0.3 is 5.97 Å². The van der Waals surface area contributed by atoms with Crippen LogP contribution in [-0.2, 0) is 9.53 Å². The summed E-state index contributed by atoms with van der Waals surface area (Å²) in [5.41, 5.74) is 0.177. The van der Waals surface area contributed by atoms with E-state index in [2.05, 4.69) is 0 Å². The zero-order valence-corrected chi connectivity index (χ0v) is 20.3. The minimum atomic E-state index is -1.61. The molecule has 2 aliphatic carbocycles. The lowest BCUT2D eigenvalue weighted by Gasteiger charge is -2.39. The lowest BCUT2D eigenvalue weighted by Crippen LogP contribution is -2.58. The Balaban J connectivity index is 1.61. The smallest absolute Gasteiger partial charge is 0.308 e. The highest BCUT2D eigenvalue weighted by Gasteiger charge is 2.44. The Morgan fingerprint density at radius 3 is 2.32 bits per heavy atom. The van der Waals surface area contributed by atoms with Crippen LogP contribution in [0.15, 0.2) is 24.3 Å². The number of hydrogen-bond donors (Lipinski definition) is 4. The molecular weight excluding hydrogens is 484 g/mol. The van der Waals surface area contributed by atoms with Gasteiger partial charge in [-0.05, 0) is 49.9 Å². The predicted octanol–water partition coefficient (Wildman–Crippen LogP) is 1.96. The van der Waals surface area contributed by atoms with Crippen LogP contribution in [0.1, 0.15) is 82.9 Å². The summed E-state index contributed by atoms with van der Waals surface area (Å²) in [6.07, 6.45) is -3.49. The van der Waals surface area contributed by atoms with Crippen molar-refractivity contribution in [3.8, 4) is 17.2 Å². The fraction of sp³-hybridized carbons (Fsp3) is 0.444. The number of aliphatic hydroxyl groups is 3. The van der Waals surface area contributed by atoms with E-state index < -0.39 is 48.2 Å². The van der Waals surface area contributed by atoms with E-state index >= 15 is 0 Å². The van der Waals surface area contributed by atoms with Gasteiger partial charge in [-0.2, -0.15) is 0 Å². The molecule has 2 aromatic carbocycles. The molecule has 1 aliphatic heterocycles. The van der Waals surface area contributed by atoms with Gasteiger partial charge in [-0.3, -0.25) is 14.4 Å². The fourth-order valence-corrected chi connectivity index (χ4v) is 5.43. The van der Waals surface area contributed by atoms with Crippen molar-refractivity contribution in [2.24, 2.45) is 0 Å². The van der Waals surface area contributed by atoms with Crippen LogP contribution < -0.4 is 9.47 Å². The molecular formula is C27H28O10. The molecule has 1 saturated carbocycles. The van der Waals surface area contributed by atoms with E-state index in [4.69, 9.17) is 14.2 Å². The highest BCUT2D eigenvalue weighted by atomic mass is 16.7. The zero-order valence-electron chi connectivity index (χ0n) is 20.3. The minimum Gasteiger partial charge on any atom is -0.507 e. The Hall–Kier alpha value is -3.31. The second-order valence-electron chi connectivity index (χ2n) is 9.80. The van der Waals surface area contributed by atoms with Gasteiger partial charge in [0.05, 0.1) is 11.7 Å². The largest absolute Gasteiger partial charge is 0.507 e. The van der Waals surface area contributed by atoms with Crippen molar-refractivity contribution in [1.82, 2.24) is 0 Å². The Morgan fingerprint density at radius 1 is 0.946 bits per heavy atom. The second-order valence-corrected chi connectivity index (χ2v) is 9.80. The van der Waals surface area contributed by atoms with Crippen molar-refractivity contribution in [3.05, 3.63) is 52.1 Å². The molecule has 0 radical (unpaired) electrons. The number of fused-ring (bicyclic) bond motifs is 2. The molecule has 4 N–H and O–H groups in total. The molecule has 2 aromatic rings. The van der Waals surface area contributed by atoms with Crippen LogP contribution in [0.4, 0.5) is 0 Å². The molecule has 0 unspecified atom stereocenters. The number of esters is 1. The van der Waals surface area contributed by atoms with E-state index in [0.717, 1.165) is 25.7 Å². The van der Waals surface area contributed by atoms with Crippen LogP contribution in [0.25, 0.3) is 0 Å². The second kappa shape index (κ2) is 9.53. The maximum Gasteiger partial charge on any atom is 0.308 e. The zero-order chi connectivity index (χ0) is 26.6. The third-order valence-corrected chi connectivity index (χ3v) is 7.33. The van der Waals surface area contributed by atoms with Gasteiger partial charge < -0.3 is 34.6 Å². The van der Waals surface area contributed by atoms with Gasteiger partial charge in [-0.25, -0.2) is 0 Å². The summed E-state index contributed by atoms with van der Waals surface area (Å²) in [6, 6.07) is 5.44. The third kappa shape index (κ3) is 4.29. The summed E-state index contributed by atoms with van der Waals surface area (Å²) in [5, 5.41) is 42.1. The first kappa shape index (κ1) is 25.3. The van der Waals surface area contributed by atoms with Crippen LogP contribution in [0, 0.1) is 0 Å². The van der Waals surface area contributed by atoms with E-state index in [0.29, 0.717) is 5.56 Å². The van der Waals surface area contributed by atoms with E-state index in [1.807, 2.05) is 0 Å². The average molecular weight is 513 g/mol. The Bertz CT molecular complexity index is 1280. The lowest BCUT2D eigenvalue weighted by molar-refractivity contribution is -0.268. The van der Waals surface area contributed by atoms with E-state index in [1.54, 1.807) is 0 Å².